The number of carbonyl (C=O) groups excluding carboxylic acids is 1. The average Bonchev–Trinajstić information content (AvgIpc) is 3.51. The van der Waals surface area contributed by atoms with Crippen molar-refractivity contribution in [1.82, 2.24) is 3.97 Å². The fourth-order valence-electron chi connectivity index (χ4n) is 4.65. The summed E-state index contributed by atoms with van der Waals surface area (Å²) in [6.45, 7) is 3.44. The summed E-state index contributed by atoms with van der Waals surface area (Å²) in [5.41, 5.74) is 0.458. The lowest BCUT2D eigenvalue weighted by atomic mass is 9.75. The highest BCUT2D eigenvalue weighted by Crippen LogP contribution is 2.48. The highest BCUT2D eigenvalue weighted by atomic mass is 35.5. The minimum atomic E-state index is -4.26. The Balaban J connectivity index is 1.98. The molecule has 6 rings (SSSR count). The van der Waals surface area contributed by atoms with Gasteiger partial charge in [0, 0.05) is 11.1 Å². The molecule has 0 spiro atoms. The van der Waals surface area contributed by atoms with Crippen LogP contribution < -0.4 is 20.5 Å². The van der Waals surface area contributed by atoms with Crippen molar-refractivity contribution in [2.75, 3.05) is 13.2 Å². The zero-order valence-corrected chi connectivity index (χ0v) is 22.3. The van der Waals surface area contributed by atoms with Gasteiger partial charge in [0.05, 0.1) is 38.8 Å². The standard InChI is InChI=1S/C24H23ClNO6PS2/c1-3-31-24(27)22-23(33(28,32-4-2)19-11-8-12-34-19)20-17-13-15(21(17)25)14-18(20)26(22)35(29,30)16-9-6-5-7-10-16/h5-12,14-15,21H,3-4,13H2,1-2H3. The number of thiophene rings is 1. The topological polar surface area (TPSA) is 91.7 Å². The lowest BCUT2D eigenvalue weighted by Gasteiger charge is -2.36. The van der Waals surface area contributed by atoms with Crippen LogP contribution in [0.2, 0.25) is 0 Å². The second-order valence-electron chi connectivity index (χ2n) is 8.14. The molecule has 0 saturated heterocycles. The summed E-state index contributed by atoms with van der Waals surface area (Å²) in [5.74, 6) is -0.972. The van der Waals surface area contributed by atoms with Gasteiger partial charge in [0.2, 0.25) is 0 Å². The molecule has 3 unspecified atom stereocenters. The second kappa shape index (κ2) is 9.05. The monoisotopic (exact) mass is 551 g/mol. The fraction of sp³-hybridized carbons (Fsp3) is 0.292. The van der Waals surface area contributed by atoms with Crippen LogP contribution in [0.3, 0.4) is 0 Å². The van der Waals surface area contributed by atoms with Gasteiger partial charge in [-0.2, -0.15) is 0 Å². The number of nitrogens with zero attached hydrogens (tertiary/aromatic N) is 1. The smallest absolute Gasteiger partial charge is 0.356 e. The van der Waals surface area contributed by atoms with Gasteiger partial charge >= 0.3 is 5.97 Å². The number of hydrogen-bond acceptors (Lipinski definition) is 7. The first-order valence-corrected chi connectivity index (χ1v) is 15.5. The highest BCUT2D eigenvalue weighted by molar-refractivity contribution is 7.90. The average molecular weight is 552 g/mol. The van der Waals surface area contributed by atoms with Gasteiger partial charge in [0.1, 0.15) is 0 Å². The maximum absolute atomic E-state index is 14.7. The van der Waals surface area contributed by atoms with E-state index in [1.807, 2.05) is 0 Å². The van der Waals surface area contributed by atoms with Gasteiger partial charge in [0.15, 0.2) is 5.69 Å². The van der Waals surface area contributed by atoms with Gasteiger partial charge in [-0.3, -0.25) is 4.57 Å². The molecule has 2 bridgehead atoms. The molecule has 0 radical (unpaired) electrons. The molecule has 3 aliphatic carbocycles. The third-order valence-corrected chi connectivity index (χ3v) is 12.5. The van der Waals surface area contributed by atoms with Gasteiger partial charge in [-0.1, -0.05) is 30.3 Å². The van der Waals surface area contributed by atoms with Crippen molar-refractivity contribution in [1.29, 1.82) is 0 Å². The van der Waals surface area contributed by atoms with Crippen molar-refractivity contribution in [3.05, 3.63) is 64.1 Å². The van der Waals surface area contributed by atoms with Crippen LogP contribution in [0.4, 0.5) is 0 Å². The SMILES string of the molecule is CCOC(=O)c1c(P(=O)(OCC)c2cccs2)c2c(n1S(=O)(=O)c1ccccc1)=CC1CC=2C1Cl. The molecule has 0 amide bonds. The predicted molar refractivity (Wildman–Crippen MR) is 137 cm³/mol. The summed E-state index contributed by atoms with van der Waals surface area (Å²) in [6, 6.07) is 11.2. The molecule has 3 atom stereocenters. The molecule has 184 valence electrons. The lowest BCUT2D eigenvalue weighted by Crippen LogP contribution is -2.51. The molecule has 0 N–H and O–H groups in total. The number of rotatable bonds is 8. The van der Waals surface area contributed by atoms with Crippen molar-refractivity contribution in [2.45, 2.75) is 30.5 Å². The Morgan fingerprint density at radius 2 is 1.91 bits per heavy atom. The molecule has 11 heteroatoms. The third-order valence-electron chi connectivity index (χ3n) is 6.15. The van der Waals surface area contributed by atoms with Crippen LogP contribution in [0.15, 0.2) is 52.7 Å². The summed E-state index contributed by atoms with van der Waals surface area (Å²) in [4.78, 5) is 13.5. The summed E-state index contributed by atoms with van der Waals surface area (Å²) >= 11 is 7.86. The Bertz CT molecular complexity index is 1580. The number of alkyl halides is 1. The maximum Gasteiger partial charge on any atom is 0.356 e. The van der Waals surface area contributed by atoms with Crippen LogP contribution in [0.1, 0.15) is 30.8 Å². The van der Waals surface area contributed by atoms with Crippen LogP contribution in [0.5, 0.6) is 0 Å². The van der Waals surface area contributed by atoms with E-state index >= 15 is 0 Å². The van der Waals surface area contributed by atoms with Crippen LogP contribution >= 0.6 is 30.3 Å². The third kappa shape index (κ3) is 3.67. The molecule has 35 heavy (non-hydrogen) atoms. The number of carbonyl (C=O) groups is 1. The lowest BCUT2D eigenvalue weighted by molar-refractivity contribution is 0.0519. The molecule has 2 aromatic heterocycles. The van der Waals surface area contributed by atoms with Crippen molar-refractivity contribution in [3.63, 3.8) is 0 Å². The molecule has 7 nitrogen and oxygen atoms in total. The number of aromatic nitrogens is 1. The molecular formula is C24H23ClNO6PS2. The van der Waals surface area contributed by atoms with Crippen molar-refractivity contribution in [3.8, 4) is 0 Å². The molecule has 2 heterocycles. The Morgan fingerprint density at radius 1 is 1.17 bits per heavy atom. The normalized spacial score (nSPS) is 20.4. The van der Waals surface area contributed by atoms with E-state index in [-0.39, 0.29) is 45.8 Å². The van der Waals surface area contributed by atoms with E-state index < -0.39 is 23.4 Å². The van der Waals surface area contributed by atoms with Crippen LogP contribution in [-0.4, -0.2) is 37.0 Å². The van der Waals surface area contributed by atoms with Crippen LogP contribution in [-0.2, 0) is 23.8 Å². The molecule has 1 aromatic carbocycles. The molecule has 3 aromatic rings. The first-order chi connectivity index (χ1) is 16.8. The Hall–Kier alpha value is -2.16. The van der Waals surface area contributed by atoms with E-state index in [1.165, 1.54) is 23.5 Å². The van der Waals surface area contributed by atoms with E-state index in [1.54, 1.807) is 55.6 Å². The molecular weight excluding hydrogens is 529 g/mol. The first kappa shape index (κ1) is 24.5. The summed E-state index contributed by atoms with van der Waals surface area (Å²) in [5, 5.41) is 2.14. The van der Waals surface area contributed by atoms with Gasteiger partial charge in [0.25, 0.3) is 17.4 Å². The Kier molecular flexibility index (Phi) is 6.34. The molecule has 3 aliphatic rings. The van der Waals surface area contributed by atoms with E-state index in [0.717, 1.165) is 9.55 Å². The van der Waals surface area contributed by atoms with Crippen molar-refractivity contribution >= 4 is 67.9 Å². The van der Waals surface area contributed by atoms with Gasteiger partial charge < -0.3 is 9.26 Å². The van der Waals surface area contributed by atoms with Gasteiger partial charge in [-0.15, -0.1) is 22.9 Å². The highest BCUT2D eigenvalue weighted by Gasteiger charge is 2.46. The predicted octanol–water partition coefficient (Wildman–Crippen LogP) is 2.80. The number of ether oxygens (including phenoxy) is 1. The summed E-state index contributed by atoms with van der Waals surface area (Å²) in [6.07, 6.45) is 2.36. The molecule has 0 aliphatic heterocycles. The zero-order valence-electron chi connectivity index (χ0n) is 19.0. The van der Waals surface area contributed by atoms with Gasteiger partial charge in [-0.25, -0.2) is 17.2 Å². The summed E-state index contributed by atoms with van der Waals surface area (Å²) in [7, 11) is -8.16. The first-order valence-electron chi connectivity index (χ1n) is 11.2. The molecule has 1 fully saturated rings. The minimum absolute atomic E-state index is 0.00247. The number of halogens is 1. The van der Waals surface area contributed by atoms with E-state index in [2.05, 4.69) is 0 Å². The van der Waals surface area contributed by atoms with E-state index in [0.29, 0.717) is 16.3 Å². The maximum atomic E-state index is 14.7. The van der Waals surface area contributed by atoms with Gasteiger partial charge in [-0.05, 0) is 49.4 Å². The number of hydrogen-bond donors (Lipinski definition) is 0. The molecule has 1 saturated carbocycles. The largest absolute Gasteiger partial charge is 0.461 e. The van der Waals surface area contributed by atoms with E-state index in [4.69, 9.17) is 20.9 Å². The quantitative estimate of drug-likeness (QED) is 0.243. The number of esters is 1. The van der Waals surface area contributed by atoms with Crippen LogP contribution in [0, 0.1) is 5.92 Å². The van der Waals surface area contributed by atoms with Crippen molar-refractivity contribution in [2.24, 2.45) is 5.92 Å². The number of benzene rings is 1. The summed E-state index contributed by atoms with van der Waals surface area (Å²) < 4.78 is 55.3. The second-order valence-corrected chi connectivity index (χ2v) is 13.9. The minimum Gasteiger partial charge on any atom is -0.461 e. The Morgan fingerprint density at radius 3 is 2.51 bits per heavy atom. The van der Waals surface area contributed by atoms with E-state index in [9.17, 15) is 17.8 Å². The zero-order chi connectivity index (χ0) is 25.0. The van der Waals surface area contributed by atoms with Crippen molar-refractivity contribution < 1.29 is 27.0 Å². The Labute approximate surface area is 212 Å². The van der Waals surface area contributed by atoms with Crippen LogP contribution in [0.25, 0.3) is 11.6 Å². The fourth-order valence-corrected chi connectivity index (χ4v) is 10.4.